The van der Waals surface area contributed by atoms with Gasteiger partial charge in [-0.15, -0.1) is 0 Å². The van der Waals surface area contributed by atoms with Crippen LogP contribution in [-0.2, 0) is 14.2 Å². The topological polar surface area (TPSA) is 60.0 Å². The monoisotopic (exact) mass is 314 g/mol. The van der Waals surface area contributed by atoms with Gasteiger partial charge in [0.25, 0.3) is 0 Å². The lowest BCUT2D eigenvalue weighted by atomic mass is 10.1. The molecule has 0 bridgehead atoms. The normalized spacial score (nSPS) is 27.3. The summed E-state index contributed by atoms with van der Waals surface area (Å²) in [7, 11) is 0. The number of rotatable bonds is 3. The van der Waals surface area contributed by atoms with Crippen molar-refractivity contribution in [2.24, 2.45) is 0 Å². The zero-order valence-electron chi connectivity index (χ0n) is 14.1. The molecule has 0 spiro atoms. The molecular weight excluding hydrogens is 284 g/mol. The maximum atomic E-state index is 12.3. The average molecular weight is 314 g/mol. The molecule has 0 aromatic carbocycles. The zero-order valence-corrected chi connectivity index (χ0v) is 14.1. The van der Waals surface area contributed by atoms with E-state index in [0.717, 1.165) is 39.0 Å². The molecular formula is C16H30N2O4. The number of amides is 1. The Labute approximate surface area is 133 Å². The van der Waals surface area contributed by atoms with Crippen LogP contribution in [0.4, 0.5) is 4.79 Å². The number of carbonyl (C=O) groups excluding carboxylic acids is 1. The molecule has 1 N–H and O–H groups in total. The van der Waals surface area contributed by atoms with Crippen molar-refractivity contribution in [3.05, 3.63) is 0 Å². The number of nitrogens with one attached hydrogen (secondary N) is 1. The summed E-state index contributed by atoms with van der Waals surface area (Å²) in [6.45, 7) is 9.82. The Morgan fingerprint density at radius 3 is 2.82 bits per heavy atom. The molecule has 128 valence electrons. The van der Waals surface area contributed by atoms with Crippen LogP contribution < -0.4 is 5.32 Å². The second-order valence-electron chi connectivity index (χ2n) is 7.05. The summed E-state index contributed by atoms with van der Waals surface area (Å²) < 4.78 is 16.5. The van der Waals surface area contributed by atoms with Crippen molar-refractivity contribution in [2.75, 3.05) is 39.5 Å². The van der Waals surface area contributed by atoms with Gasteiger partial charge in [0.2, 0.25) is 0 Å². The van der Waals surface area contributed by atoms with Gasteiger partial charge in [0.05, 0.1) is 19.3 Å². The standard InChI is InChI=1S/C16H30N2O4/c1-16(2,3)22-15(19)18-7-10-21-12-14(18)11-17-13-5-4-8-20-9-6-13/h13-14,17H,4-12H2,1-3H3. The average Bonchev–Trinajstić information content (AvgIpc) is 2.72. The van der Waals surface area contributed by atoms with E-state index in [1.54, 1.807) is 4.90 Å². The maximum Gasteiger partial charge on any atom is 0.410 e. The van der Waals surface area contributed by atoms with E-state index in [1.165, 1.54) is 0 Å². The third-order valence-electron chi connectivity index (χ3n) is 3.95. The second-order valence-corrected chi connectivity index (χ2v) is 7.05. The molecule has 6 heteroatoms. The molecule has 0 saturated carbocycles. The highest BCUT2D eigenvalue weighted by Crippen LogP contribution is 2.15. The molecule has 6 nitrogen and oxygen atoms in total. The van der Waals surface area contributed by atoms with Crippen LogP contribution in [0, 0.1) is 0 Å². The maximum absolute atomic E-state index is 12.3. The number of hydrogen-bond donors (Lipinski definition) is 1. The Bertz CT molecular complexity index is 349. The summed E-state index contributed by atoms with van der Waals surface area (Å²) in [5, 5.41) is 3.57. The van der Waals surface area contributed by atoms with Crippen molar-refractivity contribution in [3.8, 4) is 0 Å². The lowest BCUT2D eigenvalue weighted by Crippen LogP contribution is -2.55. The molecule has 2 atom stereocenters. The molecule has 1 amide bonds. The van der Waals surface area contributed by atoms with Crippen LogP contribution in [-0.4, -0.2) is 68.2 Å². The molecule has 0 aromatic heterocycles. The third kappa shape index (κ3) is 5.74. The SMILES string of the molecule is CC(C)(C)OC(=O)N1CCOCC1CNC1CCCOCC1. The molecule has 2 rings (SSSR count). The van der Waals surface area contributed by atoms with Crippen LogP contribution in [0.15, 0.2) is 0 Å². The van der Waals surface area contributed by atoms with E-state index in [1.807, 2.05) is 20.8 Å². The van der Waals surface area contributed by atoms with Crippen molar-refractivity contribution in [2.45, 2.75) is 57.7 Å². The molecule has 2 unspecified atom stereocenters. The Hall–Kier alpha value is -0.850. The highest BCUT2D eigenvalue weighted by Gasteiger charge is 2.31. The van der Waals surface area contributed by atoms with Gasteiger partial charge in [-0.1, -0.05) is 0 Å². The highest BCUT2D eigenvalue weighted by atomic mass is 16.6. The van der Waals surface area contributed by atoms with Crippen molar-refractivity contribution in [3.63, 3.8) is 0 Å². The minimum atomic E-state index is -0.466. The van der Waals surface area contributed by atoms with E-state index in [0.29, 0.717) is 25.8 Å². The smallest absolute Gasteiger partial charge is 0.410 e. The molecule has 2 aliphatic heterocycles. The van der Waals surface area contributed by atoms with Gasteiger partial charge in [-0.3, -0.25) is 4.90 Å². The molecule has 2 aliphatic rings. The Balaban J connectivity index is 1.84. The number of carbonyl (C=O) groups is 1. The summed E-state index contributed by atoms with van der Waals surface area (Å²) in [5.41, 5.74) is -0.466. The number of hydrogen-bond acceptors (Lipinski definition) is 5. The highest BCUT2D eigenvalue weighted by molar-refractivity contribution is 5.68. The second kappa shape index (κ2) is 8.13. The van der Waals surface area contributed by atoms with Gasteiger partial charge in [0.15, 0.2) is 0 Å². The Morgan fingerprint density at radius 1 is 1.23 bits per heavy atom. The van der Waals surface area contributed by atoms with Crippen LogP contribution in [0.3, 0.4) is 0 Å². The van der Waals surface area contributed by atoms with Gasteiger partial charge in [-0.2, -0.15) is 0 Å². The van der Waals surface area contributed by atoms with Crippen molar-refractivity contribution in [1.82, 2.24) is 10.2 Å². The summed E-state index contributed by atoms with van der Waals surface area (Å²) >= 11 is 0. The zero-order chi connectivity index (χ0) is 16.0. The van der Waals surface area contributed by atoms with E-state index in [-0.39, 0.29) is 12.1 Å². The van der Waals surface area contributed by atoms with E-state index >= 15 is 0 Å². The predicted molar refractivity (Wildman–Crippen MR) is 84.0 cm³/mol. The largest absolute Gasteiger partial charge is 0.444 e. The van der Waals surface area contributed by atoms with Gasteiger partial charge in [0, 0.05) is 32.3 Å². The van der Waals surface area contributed by atoms with Gasteiger partial charge in [-0.25, -0.2) is 4.79 Å². The minimum absolute atomic E-state index is 0.0350. The first-order chi connectivity index (χ1) is 10.5. The lowest BCUT2D eigenvalue weighted by Gasteiger charge is -2.37. The van der Waals surface area contributed by atoms with Crippen LogP contribution in [0.1, 0.15) is 40.0 Å². The molecule has 2 saturated heterocycles. The fourth-order valence-electron chi connectivity index (χ4n) is 2.80. The molecule has 22 heavy (non-hydrogen) atoms. The van der Waals surface area contributed by atoms with Crippen LogP contribution in [0.5, 0.6) is 0 Å². The Morgan fingerprint density at radius 2 is 2.05 bits per heavy atom. The van der Waals surface area contributed by atoms with Gasteiger partial charge in [-0.05, 0) is 40.0 Å². The van der Waals surface area contributed by atoms with Gasteiger partial charge >= 0.3 is 6.09 Å². The minimum Gasteiger partial charge on any atom is -0.444 e. The van der Waals surface area contributed by atoms with E-state index in [4.69, 9.17) is 14.2 Å². The molecule has 2 heterocycles. The third-order valence-corrected chi connectivity index (χ3v) is 3.95. The first-order valence-electron chi connectivity index (χ1n) is 8.34. The summed E-state index contributed by atoms with van der Waals surface area (Å²) in [6, 6.07) is 0.498. The lowest BCUT2D eigenvalue weighted by molar-refractivity contribution is -0.0323. The van der Waals surface area contributed by atoms with E-state index < -0.39 is 5.60 Å². The molecule has 0 aliphatic carbocycles. The summed E-state index contributed by atoms with van der Waals surface area (Å²) in [5.74, 6) is 0. The number of ether oxygens (including phenoxy) is 3. The van der Waals surface area contributed by atoms with Gasteiger partial charge < -0.3 is 19.5 Å². The van der Waals surface area contributed by atoms with Crippen molar-refractivity contribution in [1.29, 1.82) is 0 Å². The number of morpholine rings is 1. The van der Waals surface area contributed by atoms with E-state index in [2.05, 4.69) is 5.32 Å². The quantitative estimate of drug-likeness (QED) is 0.860. The van der Waals surface area contributed by atoms with E-state index in [9.17, 15) is 4.79 Å². The van der Waals surface area contributed by atoms with Crippen LogP contribution in [0.2, 0.25) is 0 Å². The fraction of sp³-hybridized carbons (Fsp3) is 0.938. The first-order valence-corrected chi connectivity index (χ1v) is 8.34. The van der Waals surface area contributed by atoms with Crippen molar-refractivity contribution >= 4 is 6.09 Å². The summed E-state index contributed by atoms with van der Waals surface area (Å²) in [6.07, 6.45) is 3.00. The van der Waals surface area contributed by atoms with Crippen LogP contribution >= 0.6 is 0 Å². The summed E-state index contributed by atoms with van der Waals surface area (Å²) in [4.78, 5) is 14.1. The van der Waals surface area contributed by atoms with Crippen molar-refractivity contribution < 1.29 is 19.0 Å². The first kappa shape index (κ1) is 17.5. The molecule has 0 radical (unpaired) electrons. The fourth-order valence-corrected chi connectivity index (χ4v) is 2.80. The molecule has 0 aromatic rings. The Kier molecular flexibility index (Phi) is 6.47. The molecule has 2 fully saturated rings. The van der Waals surface area contributed by atoms with Crippen LogP contribution in [0.25, 0.3) is 0 Å². The number of nitrogens with zero attached hydrogens (tertiary/aromatic N) is 1. The predicted octanol–water partition coefficient (Wildman–Crippen LogP) is 1.78. The van der Waals surface area contributed by atoms with Gasteiger partial charge in [0.1, 0.15) is 5.60 Å².